The molecule has 104 valence electrons. The largest absolute Gasteiger partial charge is 0.467 e. The third-order valence-corrected chi connectivity index (χ3v) is 3.83. The molecule has 0 aliphatic rings. The number of aromatic nitrogens is 2. The summed E-state index contributed by atoms with van der Waals surface area (Å²) < 4.78 is 7.80. The van der Waals surface area contributed by atoms with E-state index in [1.807, 2.05) is 24.3 Å². The zero-order valence-electron chi connectivity index (χ0n) is 11.6. The third-order valence-electron chi connectivity index (χ3n) is 3.65. The molecule has 3 rings (SSSR count). The molecule has 1 atom stereocenters. The number of aryl methyl sites for hydroxylation is 2. The minimum atomic E-state index is 0.106. The van der Waals surface area contributed by atoms with Gasteiger partial charge >= 0.3 is 0 Å². The minimum Gasteiger partial charge on any atom is -0.467 e. The summed E-state index contributed by atoms with van der Waals surface area (Å²) in [5.41, 5.74) is 3.40. The molecule has 0 saturated heterocycles. The standard InChI is InChI=1S/C16H17ClN2O/c1-11-5-3-6-13-16(11)19(15(18-13)8-9-17)12(2)14-7-4-10-20-14/h3-7,10,12H,8-9H2,1-2H3. The van der Waals surface area contributed by atoms with Crippen LogP contribution in [0, 0.1) is 6.92 Å². The summed E-state index contributed by atoms with van der Waals surface area (Å²) in [6.07, 6.45) is 2.46. The Morgan fingerprint density at radius 2 is 2.15 bits per heavy atom. The van der Waals surface area contributed by atoms with Gasteiger partial charge in [-0.3, -0.25) is 0 Å². The van der Waals surface area contributed by atoms with Crippen molar-refractivity contribution < 1.29 is 4.42 Å². The lowest BCUT2D eigenvalue weighted by Crippen LogP contribution is -2.11. The van der Waals surface area contributed by atoms with E-state index in [4.69, 9.17) is 21.0 Å². The molecule has 0 bridgehead atoms. The molecule has 2 aromatic heterocycles. The van der Waals surface area contributed by atoms with Gasteiger partial charge in [-0.05, 0) is 37.6 Å². The molecule has 0 aliphatic carbocycles. The Balaban J connectivity index is 2.23. The highest BCUT2D eigenvalue weighted by atomic mass is 35.5. The number of fused-ring (bicyclic) bond motifs is 1. The third kappa shape index (κ3) is 2.12. The predicted octanol–water partition coefficient (Wildman–Crippen LogP) is 4.33. The van der Waals surface area contributed by atoms with E-state index in [9.17, 15) is 0 Å². The van der Waals surface area contributed by atoms with Gasteiger partial charge < -0.3 is 8.98 Å². The van der Waals surface area contributed by atoms with Crippen molar-refractivity contribution in [1.29, 1.82) is 0 Å². The lowest BCUT2D eigenvalue weighted by Gasteiger charge is -2.16. The molecule has 4 heteroatoms. The highest BCUT2D eigenvalue weighted by Crippen LogP contribution is 2.28. The van der Waals surface area contributed by atoms with Crippen LogP contribution in [-0.4, -0.2) is 15.4 Å². The van der Waals surface area contributed by atoms with Crippen molar-refractivity contribution in [2.45, 2.75) is 26.3 Å². The van der Waals surface area contributed by atoms with Gasteiger partial charge in [-0.2, -0.15) is 0 Å². The van der Waals surface area contributed by atoms with Crippen LogP contribution in [0.25, 0.3) is 11.0 Å². The van der Waals surface area contributed by atoms with E-state index < -0.39 is 0 Å². The van der Waals surface area contributed by atoms with E-state index in [-0.39, 0.29) is 6.04 Å². The number of imidazole rings is 1. The molecule has 1 unspecified atom stereocenters. The van der Waals surface area contributed by atoms with Gasteiger partial charge in [-0.1, -0.05) is 12.1 Å². The second kappa shape index (κ2) is 5.33. The number of rotatable bonds is 4. The molecule has 3 nitrogen and oxygen atoms in total. The minimum absolute atomic E-state index is 0.106. The second-order valence-corrected chi connectivity index (χ2v) is 5.35. The van der Waals surface area contributed by atoms with Crippen molar-refractivity contribution in [2.75, 3.05) is 5.88 Å². The molecule has 1 aromatic carbocycles. The maximum Gasteiger partial charge on any atom is 0.126 e. The molecule has 20 heavy (non-hydrogen) atoms. The first-order valence-corrected chi connectivity index (χ1v) is 7.31. The summed E-state index contributed by atoms with van der Waals surface area (Å²) >= 11 is 5.93. The SMILES string of the molecule is Cc1cccc2nc(CCCl)n(C(C)c3ccco3)c12. The highest BCUT2D eigenvalue weighted by Gasteiger charge is 2.19. The number of hydrogen-bond donors (Lipinski definition) is 0. The highest BCUT2D eigenvalue weighted by molar-refractivity contribution is 6.17. The van der Waals surface area contributed by atoms with Crippen LogP contribution < -0.4 is 0 Å². The van der Waals surface area contributed by atoms with E-state index in [1.165, 1.54) is 5.56 Å². The molecule has 0 aliphatic heterocycles. The molecule has 2 heterocycles. The first-order chi connectivity index (χ1) is 9.72. The summed E-state index contributed by atoms with van der Waals surface area (Å²) in [7, 11) is 0. The van der Waals surface area contributed by atoms with Crippen molar-refractivity contribution in [1.82, 2.24) is 9.55 Å². The fourth-order valence-corrected chi connectivity index (χ4v) is 2.87. The van der Waals surface area contributed by atoms with Crippen LogP contribution in [0.3, 0.4) is 0 Å². The van der Waals surface area contributed by atoms with Crippen molar-refractivity contribution >= 4 is 22.6 Å². The number of nitrogens with zero attached hydrogens (tertiary/aromatic N) is 2. The van der Waals surface area contributed by atoms with Crippen molar-refractivity contribution in [3.8, 4) is 0 Å². The van der Waals surface area contributed by atoms with Crippen LogP contribution >= 0.6 is 11.6 Å². The van der Waals surface area contributed by atoms with Gasteiger partial charge in [0.05, 0.1) is 23.3 Å². The zero-order valence-corrected chi connectivity index (χ0v) is 12.4. The monoisotopic (exact) mass is 288 g/mol. The van der Waals surface area contributed by atoms with Crippen molar-refractivity contribution in [3.05, 3.63) is 53.7 Å². The summed E-state index contributed by atoms with van der Waals surface area (Å²) in [4.78, 5) is 4.73. The van der Waals surface area contributed by atoms with Crippen LogP contribution in [0.4, 0.5) is 0 Å². The number of hydrogen-bond acceptors (Lipinski definition) is 2. The van der Waals surface area contributed by atoms with E-state index in [2.05, 4.69) is 24.5 Å². The molecular weight excluding hydrogens is 272 g/mol. The Hall–Kier alpha value is -1.74. The van der Waals surface area contributed by atoms with Crippen LogP contribution in [-0.2, 0) is 6.42 Å². The molecule has 0 radical (unpaired) electrons. The Kier molecular flexibility index (Phi) is 3.53. The average molecular weight is 289 g/mol. The first kappa shape index (κ1) is 13.3. The lowest BCUT2D eigenvalue weighted by molar-refractivity contribution is 0.445. The Labute approximate surface area is 123 Å². The first-order valence-electron chi connectivity index (χ1n) is 6.78. The van der Waals surface area contributed by atoms with Crippen LogP contribution in [0.1, 0.15) is 30.1 Å². The molecule has 0 amide bonds. The molecular formula is C16H17ClN2O. The Morgan fingerprint density at radius 1 is 1.30 bits per heavy atom. The van der Waals surface area contributed by atoms with Crippen molar-refractivity contribution in [3.63, 3.8) is 0 Å². The fraction of sp³-hybridized carbons (Fsp3) is 0.312. The quantitative estimate of drug-likeness (QED) is 0.669. The average Bonchev–Trinajstić information content (AvgIpc) is 3.06. The molecule has 0 N–H and O–H groups in total. The number of furan rings is 1. The van der Waals surface area contributed by atoms with Gasteiger partial charge in [0.2, 0.25) is 0 Å². The van der Waals surface area contributed by atoms with Gasteiger partial charge in [0.1, 0.15) is 11.6 Å². The summed E-state index contributed by atoms with van der Waals surface area (Å²) in [6, 6.07) is 10.2. The molecule has 3 aromatic rings. The smallest absolute Gasteiger partial charge is 0.126 e. The van der Waals surface area contributed by atoms with Crippen LogP contribution in [0.15, 0.2) is 41.0 Å². The van der Waals surface area contributed by atoms with E-state index in [0.717, 1.165) is 29.0 Å². The van der Waals surface area contributed by atoms with E-state index in [1.54, 1.807) is 6.26 Å². The van der Waals surface area contributed by atoms with Gasteiger partial charge in [0.15, 0.2) is 0 Å². The lowest BCUT2D eigenvalue weighted by atomic mass is 10.1. The summed E-state index contributed by atoms with van der Waals surface area (Å²) in [5, 5.41) is 0. The number of alkyl halides is 1. The summed E-state index contributed by atoms with van der Waals surface area (Å²) in [6.45, 7) is 4.24. The fourth-order valence-electron chi connectivity index (χ4n) is 2.70. The van der Waals surface area contributed by atoms with Gasteiger partial charge in [-0.15, -0.1) is 11.6 Å². The van der Waals surface area contributed by atoms with E-state index in [0.29, 0.717) is 5.88 Å². The molecule has 0 fully saturated rings. The number of halogens is 1. The van der Waals surface area contributed by atoms with E-state index >= 15 is 0 Å². The topological polar surface area (TPSA) is 31.0 Å². The van der Waals surface area contributed by atoms with Gasteiger partial charge in [0, 0.05) is 12.3 Å². The van der Waals surface area contributed by atoms with Crippen LogP contribution in [0.2, 0.25) is 0 Å². The second-order valence-electron chi connectivity index (χ2n) is 4.97. The number of para-hydroxylation sites is 1. The Bertz CT molecular complexity index is 715. The summed E-state index contributed by atoms with van der Waals surface area (Å²) in [5.74, 6) is 2.50. The number of benzene rings is 1. The normalized spacial score (nSPS) is 12.9. The van der Waals surface area contributed by atoms with Gasteiger partial charge in [0.25, 0.3) is 0 Å². The molecule has 0 spiro atoms. The zero-order chi connectivity index (χ0) is 14.1. The Morgan fingerprint density at radius 3 is 2.85 bits per heavy atom. The molecule has 0 saturated carbocycles. The predicted molar refractivity (Wildman–Crippen MR) is 81.4 cm³/mol. The van der Waals surface area contributed by atoms with Gasteiger partial charge in [-0.25, -0.2) is 4.98 Å². The van der Waals surface area contributed by atoms with Crippen molar-refractivity contribution in [2.24, 2.45) is 0 Å². The van der Waals surface area contributed by atoms with Crippen LogP contribution in [0.5, 0.6) is 0 Å². The maximum absolute atomic E-state index is 5.93. The maximum atomic E-state index is 5.93.